The Hall–Kier alpha value is -1.82. The predicted octanol–water partition coefficient (Wildman–Crippen LogP) is 4.77. The lowest BCUT2D eigenvalue weighted by molar-refractivity contribution is -0.137. The van der Waals surface area contributed by atoms with Gasteiger partial charge in [0.25, 0.3) is 0 Å². The number of aromatic nitrogens is 3. The van der Waals surface area contributed by atoms with E-state index in [-0.39, 0.29) is 16.6 Å². The SMILES string of the molecule is CC(C)(C)c1ccc(-c2nnc(S[C@@H]3CCOC3=O)n2C2CCCC2)cc1. The van der Waals surface area contributed by atoms with Gasteiger partial charge in [0.1, 0.15) is 5.25 Å². The minimum atomic E-state index is -0.162. The normalized spacial score (nSPS) is 21.0. The number of hydrogen-bond acceptors (Lipinski definition) is 5. The molecule has 1 aromatic heterocycles. The van der Waals surface area contributed by atoms with Crippen molar-refractivity contribution in [3.05, 3.63) is 29.8 Å². The quantitative estimate of drug-likeness (QED) is 0.710. The average molecular weight is 386 g/mol. The van der Waals surface area contributed by atoms with Crippen LogP contribution in [0.25, 0.3) is 11.4 Å². The minimum absolute atomic E-state index is 0.126. The largest absolute Gasteiger partial charge is 0.465 e. The number of esters is 1. The molecule has 1 saturated carbocycles. The van der Waals surface area contributed by atoms with Crippen LogP contribution in [0.4, 0.5) is 0 Å². The number of nitrogens with zero attached hydrogens (tertiary/aromatic N) is 3. The van der Waals surface area contributed by atoms with Crippen LogP contribution in [0.1, 0.15) is 64.5 Å². The van der Waals surface area contributed by atoms with E-state index in [0.29, 0.717) is 12.6 Å². The lowest BCUT2D eigenvalue weighted by Crippen LogP contribution is -2.14. The standard InChI is InChI=1S/C21H27N3O2S/c1-21(2,3)15-10-8-14(9-11-15)18-22-23-20(24(18)16-6-4-5-7-16)27-17-12-13-26-19(17)25/h8-11,16-17H,4-7,12-13H2,1-3H3/t17-/m1/s1. The van der Waals surface area contributed by atoms with Gasteiger partial charge in [-0.3, -0.25) is 9.36 Å². The summed E-state index contributed by atoms with van der Waals surface area (Å²) in [5.74, 6) is 0.785. The molecular formula is C21H27N3O2S. The van der Waals surface area contributed by atoms with Gasteiger partial charge in [0, 0.05) is 18.0 Å². The Morgan fingerprint density at radius 1 is 1.07 bits per heavy atom. The molecule has 2 heterocycles. The van der Waals surface area contributed by atoms with Crippen molar-refractivity contribution in [1.82, 2.24) is 14.8 Å². The van der Waals surface area contributed by atoms with Gasteiger partial charge in [-0.05, 0) is 23.8 Å². The minimum Gasteiger partial charge on any atom is -0.465 e. The van der Waals surface area contributed by atoms with Crippen LogP contribution in [0.2, 0.25) is 0 Å². The molecule has 1 saturated heterocycles. The zero-order chi connectivity index (χ0) is 19.0. The van der Waals surface area contributed by atoms with Crippen molar-refractivity contribution in [3.63, 3.8) is 0 Å². The van der Waals surface area contributed by atoms with Crippen LogP contribution in [0.15, 0.2) is 29.4 Å². The Bertz CT molecular complexity index is 817. The highest BCUT2D eigenvalue weighted by Crippen LogP contribution is 2.39. The van der Waals surface area contributed by atoms with Crippen LogP contribution in [0.3, 0.4) is 0 Å². The Labute approximate surface area is 164 Å². The van der Waals surface area contributed by atoms with E-state index in [2.05, 4.69) is 59.8 Å². The smallest absolute Gasteiger partial charge is 0.319 e. The van der Waals surface area contributed by atoms with Crippen LogP contribution in [-0.4, -0.2) is 32.6 Å². The molecule has 1 aromatic carbocycles. The molecule has 0 N–H and O–H groups in total. The molecule has 1 aliphatic heterocycles. The summed E-state index contributed by atoms with van der Waals surface area (Å²) < 4.78 is 7.40. The van der Waals surface area contributed by atoms with E-state index >= 15 is 0 Å². The van der Waals surface area contributed by atoms with E-state index in [0.717, 1.165) is 35.8 Å². The van der Waals surface area contributed by atoms with Crippen LogP contribution in [0.5, 0.6) is 0 Å². The second kappa shape index (κ2) is 7.30. The van der Waals surface area contributed by atoms with Gasteiger partial charge in [-0.2, -0.15) is 0 Å². The first-order valence-corrected chi connectivity index (χ1v) is 10.7. The maximum absolute atomic E-state index is 11.9. The second-order valence-electron chi connectivity index (χ2n) is 8.50. The molecule has 2 aliphatic rings. The highest BCUT2D eigenvalue weighted by atomic mass is 32.2. The van der Waals surface area contributed by atoms with Gasteiger partial charge < -0.3 is 4.74 Å². The zero-order valence-corrected chi connectivity index (χ0v) is 17.1. The van der Waals surface area contributed by atoms with E-state index in [1.165, 1.54) is 30.2 Å². The van der Waals surface area contributed by atoms with Gasteiger partial charge in [-0.25, -0.2) is 0 Å². The molecule has 2 aromatic rings. The summed E-state index contributed by atoms with van der Waals surface area (Å²) in [7, 11) is 0. The fourth-order valence-electron chi connectivity index (χ4n) is 3.88. The number of rotatable bonds is 4. The van der Waals surface area contributed by atoms with Gasteiger partial charge >= 0.3 is 5.97 Å². The molecular weight excluding hydrogens is 358 g/mol. The van der Waals surface area contributed by atoms with E-state index in [9.17, 15) is 4.79 Å². The Morgan fingerprint density at radius 2 is 1.78 bits per heavy atom. The third kappa shape index (κ3) is 3.77. The summed E-state index contributed by atoms with van der Waals surface area (Å²) in [5.41, 5.74) is 2.52. The van der Waals surface area contributed by atoms with Crippen LogP contribution < -0.4 is 0 Å². The molecule has 0 spiro atoms. The van der Waals surface area contributed by atoms with Crippen LogP contribution in [-0.2, 0) is 14.9 Å². The topological polar surface area (TPSA) is 57.0 Å². The number of thioether (sulfide) groups is 1. The van der Waals surface area contributed by atoms with Gasteiger partial charge in [0.2, 0.25) is 0 Å². The van der Waals surface area contributed by atoms with Gasteiger partial charge in [-0.15, -0.1) is 10.2 Å². The molecule has 5 nitrogen and oxygen atoms in total. The molecule has 0 bridgehead atoms. The van der Waals surface area contributed by atoms with Crippen molar-refractivity contribution in [2.45, 2.75) is 74.7 Å². The van der Waals surface area contributed by atoms with E-state index < -0.39 is 0 Å². The van der Waals surface area contributed by atoms with Gasteiger partial charge in [-0.1, -0.05) is 69.6 Å². The molecule has 4 rings (SSSR count). The first-order valence-electron chi connectivity index (χ1n) is 9.82. The molecule has 144 valence electrons. The lowest BCUT2D eigenvalue weighted by Gasteiger charge is -2.20. The van der Waals surface area contributed by atoms with Crippen molar-refractivity contribution < 1.29 is 9.53 Å². The van der Waals surface area contributed by atoms with Crippen LogP contribution >= 0.6 is 11.8 Å². The first kappa shape index (κ1) is 18.5. The number of benzene rings is 1. The van der Waals surface area contributed by atoms with Crippen molar-refractivity contribution in [3.8, 4) is 11.4 Å². The predicted molar refractivity (Wildman–Crippen MR) is 107 cm³/mol. The first-order chi connectivity index (χ1) is 12.9. The number of cyclic esters (lactones) is 1. The summed E-state index contributed by atoms with van der Waals surface area (Å²) in [5, 5.41) is 9.69. The number of ether oxygens (including phenoxy) is 1. The fourth-order valence-corrected chi connectivity index (χ4v) is 4.95. The van der Waals surface area contributed by atoms with E-state index in [1.54, 1.807) is 0 Å². The molecule has 6 heteroatoms. The van der Waals surface area contributed by atoms with Crippen LogP contribution in [0, 0.1) is 0 Å². The number of carbonyl (C=O) groups excluding carboxylic acids is 1. The van der Waals surface area contributed by atoms with Crippen molar-refractivity contribution in [2.75, 3.05) is 6.61 Å². The Balaban J connectivity index is 1.68. The number of hydrogen-bond donors (Lipinski definition) is 0. The highest BCUT2D eigenvalue weighted by molar-refractivity contribution is 8.00. The van der Waals surface area contributed by atoms with Crippen molar-refractivity contribution in [2.24, 2.45) is 0 Å². The maximum atomic E-state index is 11.9. The van der Waals surface area contributed by atoms with Gasteiger partial charge in [0.05, 0.1) is 6.61 Å². The fraction of sp³-hybridized carbons (Fsp3) is 0.571. The zero-order valence-electron chi connectivity index (χ0n) is 16.3. The molecule has 27 heavy (non-hydrogen) atoms. The van der Waals surface area contributed by atoms with Gasteiger partial charge in [0.15, 0.2) is 11.0 Å². The Morgan fingerprint density at radius 3 is 2.37 bits per heavy atom. The second-order valence-corrected chi connectivity index (χ2v) is 9.67. The summed E-state index contributed by atoms with van der Waals surface area (Å²) in [6.07, 6.45) is 5.51. The molecule has 0 radical (unpaired) electrons. The average Bonchev–Trinajstić information content (AvgIpc) is 3.36. The molecule has 1 atom stereocenters. The number of carbonyl (C=O) groups is 1. The third-order valence-corrected chi connectivity index (χ3v) is 6.70. The molecule has 0 amide bonds. The summed E-state index contributed by atoms with van der Waals surface area (Å²) >= 11 is 1.51. The monoisotopic (exact) mass is 385 g/mol. The molecule has 1 aliphatic carbocycles. The van der Waals surface area contributed by atoms with Crippen molar-refractivity contribution >= 4 is 17.7 Å². The highest BCUT2D eigenvalue weighted by Gasteiger charge is 2.32. The molecule has 2 fully saturated rings. The summed E-state index contributed by atoms with van der Waals surface area (Å²) in [6.45, 7) is 7.17. The lowest BCUT2D eigenvalue weighted by atomic mass is 9.86. The van der Waals surface area contributed by atoms with Crippen molar-refractivity contribution in [1.29, 1.82) is 0 Å². The Kier molecular flexibility index (Phi) is 5.01. The summed E-state index contributed by atoms with van der Waals surface area (Å²) in [6, 6.07) is 9.08. The third-order valence-electron chi connectivity index (χ3n) is 5.50. The summed E-state index contributed by atoms with van der Waals surface area (Å²) in [4.78, 5) is 11.9. The maximum Gasteiger partial charge on any atom is 0.319 e. The van der Waals surface area contributed by atoms with E-state index in [1.807, 2.05) is 0 Å². The molecule has 0 unspecified atom stereocenters. The van der Waals surface area contributed by atoms with E-state index in [4.69, 9.17) is 4.74 Å².